The summed E-state index contributed by atoms with van der Waals surface area (Å²) in [6.07, 6.45) is 0.830. The topological polar surface area (TPSA) is 87.7 Å². The zero-order valence-electron chi connectivity index (χ0n) is 11.0. The van der Waals surface area contributed by atoms with E-state index in [0.717, 1.165) is 6.42 Å². The van der Waals surface area contributed by atoms with Crippen LogP contribution in [0.4, 0.5) is 0 Å². The van der Waals surface area contributed by atoms with E-state index >= 15 is 0 Å². The van der Waals surface area contributed by atoms with Crippen LogP contribution in [-0.2, 0) is 4.79 Å². The van der Waals surface area contributed by atoms with Crippen molar-refractivity contribution in [3.63, 3.8) is 0 Å². The molecule has 0 heterocycles. The second kappa shape index (κ2) is 7.25. The van der Waals surface area contributed by atoms with E-state index in [-0.39, 0.29) is 29.5 Å². The zero-order chi connectivity index (χ0) is 14.3. The molecule has 6 heteroatoms. The third-order valence-corrected chi connectivity index (χ3v) is 2.45. The summed E-state index contributed by atoms with van der Waals surface area (Å²) < 4.78 is 4.91. The molecule has 0 spiro atoms. The Balaban J connectivity index is 2.61. The maximum absolute atomic E-state index is 11.8. The molecule has 0 aliphatic heterocycles. The predicted octanol–water partition coefficient (Wildman–Crippen LogP) is 0.657. The normalized spacial score (nSPS) is 9.79. The monoisotopic (exact) mass is 266 g/mol. The van der Waals surface area contributed by atoms with Gasteiger partial charge in [-0.25, -0.2) is 0 Å². The summed E-state index contributed by atoms with van der Waals surface area (Å²) in [6, 6.07) is 4.59. The van der Waals surface area contributed by atoms with Gasteiger partial charge in [-0.2, -0.15) is 0 Å². The van der Waals surface area contributed by atoms with Gasteiger partial charge in [-0.1, -0.05) is 13.0 Å². The number of carbonyl (C=O) groups is 2. The minimum atomic E-state index is -0.525. The Morgan fingerprint density at radius 3 is 2.68 bits per heavy atom. The zero-order valence-corrected chi connectivity index (χ0v) is 11.0. The number of methoxy groups -OCH3 is 1. The molecule has 1 aromatic rings. The molecule has 104 valence electrons. The molecule has 0 unspecified atom stereocenters. The van der Waals surface area contributed by atoms with Crippen molar-refractivity contribution in [1.29, 1.82) is 0 Å². The van der Waals surface area contributed by atoms with Gasteiger partial charge in [0.05, 0.1) is 19.2 Å². The van der Waals surface area contributed by atoms with E-state index in [0.29, 0.717) is 6.54 Å². The first-order chi connectivity index (χ1) is 9.10. The highest BCUT2D eigenvalue weighted by Crippen LogP contribution is 2.28. The molecule has 0 atom stereocenters. The first kappa shape index (κ1) is 14.8. The van der Waals surface area contributed by atoms with Gasteiger partial charge in [0.25, 0.3) is 5.91 Å². The summed E-state index contributed by atoms with van der Waals surface area (Å²) in [4.78, 5) is 23.1. The average molecular weight is 266 g/mol. The fourth-order valence-corrected chi connectivity index (χ4v) is 1.45. The van der Waals surface area contributed by atoms with Gasteiger partial charge >= 0.3 is 0 Å². The van der Waals surface area contributed by atoms with Gasteiger partial charge in [0.1, 0.15) is 0 Å². The highest BCUT2D eigenvalue weighted by Gasteiger charge is 2.15. The van der Waals surface area contributed by atoms with Gasteiger partial charge in [0, 0.05) is 6.54 Å². The molecule has 0 saturated carbocycles. The van der Waals surface area contributed by atoms with Crippen molar-refractivity contribution in [2.45, 2.75) is 13.3 Å². The maximum Gasteiger partial charge on any atom is 0.255 e. The Bertz CT molecular complexity index is 460. The van der Waals surface area contributed by atoms with Gasteiger partial charge in [-0.3, -0.25) is 9.59 Å². The van der Waals surface area contributed by atoms with E-state index in [1.54, 1.807) is 12.1 Å². The van der Waals surface area contributed by atoms with Gasteiger partial charge in [-0.05, 0) is 18.6 Å². The smallest absolute Gasteiger partial charge is 0.255 e. The molecule has 3 N–H and O–H groups in total. The molecule has 19 heavy (non-hydrogen) atoms. The van der Waals surface area contributed by atoms with Crippen LogP contribution in [0, 0.1) is 0 Å². The molecule has 2 amide bonds. The van der Waals surface area contributed by atoms with Crippen molar-refractivity contribution in [3.8, 4) is 11.5 Å². The molecular formula is C13H18N2O4. The largest absolute Gasteiger partial charge is 0.504 e. The third kappa shape index (κ3) is 4.17. The number of hydrogen-bond acceptors (Lipinski definition) is 4. The van der Waals surface area contributed by atoms with Gasteiger partial charge in [0.15, 0.2) is 11.5 Å². The van der Waals surface area contributed by atoms with E-state index in [1.165, 1.54) is 13.2 Å². The number of benzene rings is 1. The van der Waals surface area contributed by atoms with Crippen LogP contribution < -0.4 is 15.4 Å². The number of carbonyl (C=O) groups excluding carboxylic acids is 2. The Morgan fingerprint density at radius 1 is 1.32 bits per heavy atom. The van der Waals surface area contributed by atoms with E-state index in [4.69, 9.17) is 4.74 Å². The van der Waals surface area contributed by atoms with Crippen LogP contribution in [0.3, 0.4) is 0 Å². The van der Waals surface area contributed by atoms with Gasteiger partial charge in [0.2, 0.25) is 5.91 Å². The lowest BCUT2D eigenvalue weighted by Gasteiger charge is -2.09. The molecule has 0 aliphatic carbocycles. The van der Waals surface area contributed by atoms with Crippen molar-refractivity contribution in [2.24, 2.45) is 0 Å². The molecule has 0 bridgehead atoms. The van der Waals surface area contributed by atoms with E-state index in [1.807, 2.05) is 6.92 Å². The lowest BCUT2D eigenvalue weighted by molar-refractivity contribution is -0.120. The van der Waals surface area contributed by atoms with Crippen LogP contribution in [0.15, 0.2) is 18.2 Å². The van der Waals surface area contributed by atoms with Crippen LogP contribution in [0.1, 0.15) is 23.7 Å². The molecule has 0 radical (unpaired) electrons. The molecule has 0 aromatic heterocycles. The molecule has 1 aromatic carbocycles. The fraction of sp³-hybridized carbons (Fsp3) is 0.385. The second-order valence-electron chi connectivity index (χ2n) is 3.89. The van der Waals surface area contributed by atoms with E-state index < -0.39 is 5.91 Å². The molecule has 0 saturated heterocycles. The number of phenolic OH excluding ortho intramolecular Hbond substituents is 1. The number of para-hydroxylation sites is 1. The standard InChI is InChI=1S/C13H18N2O4/c1-3-7-14-11(16)8-15-13(18)9-5-4-6-10(19-2)12(9)17/h4-6,17H,3,7-8H2,1-2H3,(H,14,16)(H,15,18). The van der Waals surface area contributed by atoms with Crippen LogP contribution in [0.2, 0.25) is 0 Å². The number of nitrogens with one attached hydrogen (secondary N) is 2. The molecule has 6 nitrogen and oxygen atoms in total. The summed E-state index contributed by atoms with van der Waals surface area (Å²) in [5.74, 6) is -0.819. The molecular weight excluding hydrogens is 248 g/mol. The molecule has 0 aliphatic rings. The molecule has 0 fully saturated rings. The van der Waals surface area contributed by atoms with Crippen molar-refractivity contribution in [2.75, 3.05) is 20.2 Å². The average Bonchev–Trinajstić information content (AvgIpc) is 2.42. The number of aromatic hydroxyl groups is 1. The van der Waals surface area contributed by atoms with Crippen LogP contribution in [0.5, 0.6) is 11.5 Å². The highest BCUT2D eigenvalue weighted by molar-refractivity contribution is 5.99. The lowest BCUT2D eigenvalue weighted by Crippen LogP contribution is -2.37. The van der Waals surface area contributed by atoms with Crippen LogP contribution in [-0.4, -0.2) is 37.1 Å². The van der Waals surface area contributed by atoms with Crippen molar-refractivity contribution in [1.82, 2.24) is 10.6 Å². The van der Waals surface area contributed by atoms with Gasteiger partial charge < -0.3 is 20.5 Å². The Hall–Kier alpha value is -2.24. The number of hydrogen-bond donors (Lipinski definition) is 3. The third-order valence-electron chi connectivity index (χ3n) is 2.45. The minimum absolute atomic E-state index is 0.0719. The fourth-order valence-electron chi connectivity index (χ4n) is 1.45. The number of phenols is 1. The van der Waals surface area contributed by atoms with E-state index in [2.05, 4.69) is 10.6 Å². The van der Waals surface area contributed by atoms with Gasteiger partial charge in [-0.15, -0.1) is 0 Å². The Morgan fingerprint density at radius 2 is 2.05 bits per heavy atom. The summed E-state index contributed by atoms with van der Waals surface area (Å²) in [6.45, 7) is 2.38. The summed E-state index contributed by atoms with van der Waals surface area (Å²) in [7, 11) is 1.40. The minimum Gasteiger partial charge on any atom is -0.504 e. The number of amides is 2. The quantitative estimate of drug-likeness (QED) is 0.705. The first-order valence-electron chi connectivity index (χ1n) is 6.01. The lowest BCUT2D eigenvalue weighted by atomic mass is 10.1. The van der Waals surface area contributed by atoms with Crippen molar-refractivity contribution in [3.05, 3.63) is 23.8 Å². The van der Waals surface area contributed by atoms with Crippen molar-refractivity contribution < 1.29 is 19.4 Å². The van der Waals surface area contributed by atoms with Crippen LogP contribution in [0.25, 0.3) is 0 Å². The summed E-state index contributed by atoms with van der Waals surface area (Å²) in [5, 5.41) is 14.8. The Labute approximate surface area is 111 Å². The second-order valence-corrected chi connectivity index (χ2v) is 3.89. The number of rotatable bonds is 6. The Kier molecular flexibility index (Phi) is 5.66. The number of ether oxygens (including phenoxy) is 1. The highest BCUT2D eigenvalue weighted by atomic mass is 16.5. The van der Waals surface area contributed by atoms with Crippen molar-refractivity contribution >= 4 is 11.8 Å². The molecule has 1 rings (SSSR count). The predicted molar refractivity (Wildman–Crippen MR) is 70.3 cm³/mol. The summed E-state index contributed by atoms with van der Waals surface area (Å²) in [5.41, 5.74) is 0.0719. The van der Waals surface area contributed by atoms with Crippen LogP contribution >= 0.6 is 0 Å². The van der Waals surface area contributed by atoms with E-state index in [9.17, 15) is 14.7 Å². The first-order valence-corrected chi connectivity index (χ1v) is 6.01. The SMILES string of the molecule is CCCNC(=O)CNC(=O)c1cccc(OC)c1O. The summed E-state index contributed by atoms with van der Waals surface area (Å²) >= 11 is 0. The maximum atomic E-state index is 11.8.